The highest BCUT2D eigenvalue weighted by molar-refractivity contribution is 7.89. The van der Waals surface area contributed by atoms with Gasteiger partial charge in [0.15, 0.2) is 28.2 Å². The third kappa shape index (κ3) is 8.25. The molecule has 0 aliphatic heterocycles. The van der Waals surface area contributed by atoms with E-state index in [1.54, 1.807) is 0 Å². The zero-order chi connectivity index (χ0) is 40.0. The van der Waals surface area contributed by atoms with Gasteiger partial charge in [-0.25, -0.2) is 35.2 Å². The number of anilines is 1. The van der Waals surface area contributed by atoms with Crippen LogP contribution in [-0.2, 0) is 33.3 Å². The van der Waals surface area contributed by atoms with Gasteiger partial charge in [0.2, 0.25) is 21.7 Å². The summed E-state index contributed by atoms with van der Waals surface area (Å²) in [6.45, 7) is 7.83. The highest BCUT2D eigenvalue weighted by Crippen LogP contribution is 2.42. The van der Waals surface area contributed by atoms with Crippen molar-refractivity contribution in [3.63, 3.8) is 0 Å². The van der Waals surface area contributed by atoms with Crippen LogP contribution in [0.1, 0.15) is 86.0 Å². The maximum Gasteiger partial charge on any atom is 0.339 e. The molecular weight excluding hydrogens is 755 g/mol. The predicted octanol–water partition coefficient (Wildman–Crippen LogP) is 9.06. The minimum Gasteiger partial charge on any atom is -0.507 e. The number of carboxylic acid groups (broad SMARTS) is 1. The van der Waals surface area contributed by atoms with Crippen molar-refractivity contribution in [2.45, 2.75) is 82.8 Å². The maximum absolute atomic E-state index is 15.3. The number of hydrogen-bond acceptors (Lipinski definition) is 5. The number of amides is 1. The van der Waals surface area contributed by atoms with Crippen molar-refractivity contribution in [3.8, 4) is 5.75 Å². The Bertz CT molecular complexity index is 2200. The predicted molar refractivity (Wildman–Crippen MR) is 192 cm³/mol. The number of carbonyl (C=O) groups excluding carboxylic acids is 1. The minimum atomic E-state index is -5.74. The molecule has 0 heterocycles. The van der Waals surface area contributed by atoms with Crippen molar-refractivity contribution in [1.29, 1.82) is 0 Å². The minimum absolute atomic E-state index is 0.0673. The van der Waals surface area contributed by atoms with Crippen molar-refractivity contribution < 1.29 is 50.2 Å². The van der Waals surface area contributed by atoms with Crippen LogP contribution in [0, 0.1) is 35.0 Å². The van der Waals surface area contributed by atoms with Crippen molar-refractivity contribution >= 4 is 39.2 Å². The fraction of sp³-hybridized carbons (Fsp3) is 0.333. The first-order chi connectivity index (χ1) is 25.1. The molecule has 0 saturated heterocycles. The lowest BCUT2D eigenvalue weighted by Crippen LogP contribution is -2.53. The lowest BCUT2D eigenvalue weighted by Gasteiger charge is -2.37. The lowest BCUT2D eigenvalue weighted by molar-refractivity contribution is -0.123. The molecular formula is C39H38ClF5N2O6S. The van der Waals surface area contributed by atoms with Crippen molar-refractivity contribution in [2.24, 2.45) is 5.92 Å². The standard InChI is InChI=1S/C39H38ClF5N2O6S/c1-20(2)35(47(19-21-6-10-26(40)11-7-21)54(52,53)36-33(44)31(42)30(41)32(43)34(36)45)37(49)46(27-12-13-28(38(50)51)29(48)17-27)18-22-14-24(23-8-9-23)16-25(15-22)39(3,4)5/h6-7,10-17,20,23,35,48H,8-9,18-19H2,1-5H3,(H,50,51). The Labute approximate surface area is 314 Å². The fourth-order valence-corrected chi connectivity index (χ4v) is 8.12. The Kier molecular flexibility index (Phi) is 11.5. The monoisotopic (exact) mass is 792 g/mol. The van der Waals surface area contributed by atoms with Crippen LogP contribution in [0.25, 0.3) is 0 Å². The van der Waals surface area contributed by atoms with E-state index in [0.29, 0.717) is 9.87 Å². The highest BCUT2D eigenvalue weighted by Gasteiger charge is 2.45. The van der Waals surface area contributed by atoms with Crippen molar-refractivity contribution in [3.05, 3.63) is 123 Å². The zero-order valence-electron chi connectivity index (χ0n) is 29.9. The maximum atomic E-state index is 15.3. The molecule has 0 bridgehead atoms. The van der Waals surface area contributed by atoms with Crippen LogP contribution in [-0.4, -0.2) is 40.9 Å². The summed E-state index contributed by atoms with van der Waals surface area (Å²) >= 11 is 6.02. The van der Waals surface area contributed by atoms with E-state index in [9.17, 15) is 36.6 Å². The lowest BCUT2D eigenvalue weighted by atomic mass is 9.84. The SMILES string of the molecule is CC(C)C(C(=O)N(Cc1cc(C2CC2)cc(C(C)(C)C)c1)c1ccc(C(=O)O)c(O)c1)N(Cc1ccc(Cl)cc1)S(=O)(=O)c1c(F)c(F)c(F)c(F)c1F. The first-order valence-corrected chi connectivity index (χ1v) is 18.7. The second-order valence-corrected chi connectivity index (χ2v) is 16.9. The molecule has 1 amide bonds. The average molecular weight is 793 g/mol. The Morgan fingerprint density at radius 3 is 1.91 bits per heavy atom. The first kappa shape index (κ1) is 40.7. The summed E-state index contributed by atoms with van der Waals surface area (Å²) in [5.74, 6) is -16.7. The second kappa shape index (κ2) is 15.3. The number of carbonyl (C=O) groups is 2. The molecule has 54 heavy (non-hydrogen) atoms. The second-order valence-electron chi connectivity index (χ2n) is 14.7. The van der Waals surface area contributed by atoms with E-state index < -0.39 is 85.7 Å². The Morgan fingerprint density at radius 2 is 1.41 bits per heavy atom. The molecule has 5 rings (SSSR count). The topological polar surface area (TPSA) is 115 Å². The number of aromatic hydroxyl groups is 1. The summed E-state index contributed by atoms with van der Waals surface area (Å²) in [5, 5.41) is 20.5. The molecule has 2 N–H and O–H groups in total. The molecule has 0 aromatic heterocycles. The van der Waals surface area contributed by atoms with Crippen molar-refractivity contribution in [2.75, 3.05) is 4.90 Å². The average Bonchev–Trinajstić information content (AvgIpc) is 3.94. The van der Waals surface area contributed by atoms with Gasteiger partial charge in [-0.1, -0.05) is 76.6 Å². The van der Waals surface area contributed by atoms with Gasteiger partial charge < -0.3 is 15.1 Å². The number of carboxylic acids is 1. The molecule has 1 aliphatic rings. The Balaban J connectivity index is 1.74. The van der Waals surface area contributed by atoms with Gasteiger partial charge in [-0.2, -0.15) is 4.31 Å². The van der Waals surface area contributed by atoms with E-state index in [4.69, 9.17) is 11.6 Å². The Hall–Kier alpha value is -4.53. The van der Waals surface area contributed by atoms with E-state index in [2.05, 4.69) is 6.07 Å². The number of phenols is 1. The number of aromatic carboxylic acids is 1. The van der Waals surface area contributed by atoms with Gasteiger partial charge in [0.25, 0.3) is 0 Å². The van der Waals surface area contributed by atoms with E-state index in [1.165, 1.54) is 44.2 Å². The van der Waals surface area contributed by atoms with Gasteiger partial charge in [-0.3, -0.25) is 4.79 Å². The number of nitrogens with zero attached hydrogens (tertiary/aromatic N) is 2. The molecule has 0 spiro atoms. The third-order valence-corrected chi connectivity index (χ3v) is 11.3. The Morgan fingerprint density at radius 1 is 0.833 bits per heavy atom. The molecule has 4 aromatic rings. The summed E-state index contributed by atoms with van der Waals surface area (Å²) in [5.41, 5.74) is 1.77. The smallest absolute Gasteiger partial charge is 0.339 e. The van der Waals surface area contributed by atoms with Gasteiger partial charge in [-0.05, 0) is 76.6 Å². The molecule has 1 atom stereocenters. The normalized spacial score (nSPS) is 14.1. The largest absolute Gasteiger partial charge is 0.507 e. The summed E-state index contributed by atoms with van der Waals surface area (Å²) in [6.07, 6.45) is 1.90. The van der Waals surface area contributed by atoms with Crippen molar-refractivity contribution in [1.82, 2.24) is 4.31 Å². The molecule has 1 saturated carbocycles. The number of hydrogen-bond donors (Lipinski definition) is 2. The van der Waals surface area contributed by atoms with Gasteiger partial charge in [0.05, 0.1) is 6.54 Å². The van der Waals surface area contributed by atoms with E-state index >= 15 is 13.6 Å². The van der Waals surface area contributed by atoms with Crippen LogP contribution in [0.3, 0.4) is 0 Å². The summed E-state index contributed by atoms with van der Waals surface area (Å²) in [7, 11) is -5.74. The van der Waals surface area contributed by atoms with E-state index in [0.717, 1.165) is 41.0 Å². The van der Waals surface area contributed by atoms with Crippen LogP contribution in [0.15, 0.2) is 65.6 Å². The number of sulfonamides is 1. The molecule has 4 aromatic carbocycles. The fourth-order valence-electron chi connectivity index (χ4n) is 6.17. The molecule has 1 aliphatic carbocycles. The van der Waals surface area contributed by atoms with Crippen LogP contribution < -0.4 is 4.90 Å². The van der Waals surface area contributed by atoms with Gasteiger partial charge >= 0.3 is 5.97 Å². The van der Waals surface area contributed by atoms with Crippen LogP contribution in [0.5, 0.6) is 5.75 Å². The quantitative estimate of drug-likeness (QED) is 0.0841. The number of halogens is 6. The van der Waals surface area contributed by atoms with Crippen LogP contribution >= 0.6 is 11.6 Å². The molecule has 0 radical (unpaired) electrons. The molecule has 1 fully saturated rings. The highest BCUT2D eigenvalue weighted by atomic mass is 35.5. The summed E-state index contributed by atoms with van der Waals surface area (Å²) in [4.78, 5) is 25.8. The van der Waals surface area contributed by atoms with Crippen LogP contribution in [0.4, 0.5) is 27.6 Å². The van der Waals surface area contributed by atoms with Crippen LogP contribution in [0.2, 0.25) is 5.02 Å². The summed E-state index contributed by atoms with van der Waals surface area (Å²) in [6, 6.07) is 12.7. The van der Waals surface area contributed by atoms with E-state index in [-0.39, 0.29) is 34.2 Å². The molecule has 288 valence electrons. The number of rotatable bonds is 12. The molecule has 15 heteroatoms. The zero-order valence-corrected chi connectivity index (χ0v) is 31.5. The third-order valence-electron chi connectivity index (χ3n) is 9.24. The number of benzene rings is 4. The molecule has 1 unspecified atom stereocenters. The van der Waals surface area contributed by atoms with Gasteiger partial charge in [-0.15, -0.1) is 0 Å². The molecule has 8 nitrogen and oxygen atoms in total. The first-order valence-electron chi connectivity index (χ1n) is 16.9. The van der Waals surface area contributed by atoms with Gasteiger partial charge in [0, 0.05) is 23.3 Å². The summed E-state index contributed by atoms with van der Waals surface area (Å²) < 4.78 is 103. The van der Waals surface area contributed by atoms with E-state index in [1.807, 2.05) is 32.9 Å². The van der Waals surface area contributed by atoms with Gasteiger partial charge in [0.1, 0.15) is 17.4 Å².